The summed E-state index contributed by atoms with van der Waals surface area (Å²) in [5.41, 5.74) is 2.17. The first-order valence-electron chi connectivity index (χ1n) is 12.6. The standard InChI is InChI=1S/C27H31N5O3S/c1-3-14-31-25(34)22-13-12-19(24(33)28-20-9-5-4-6-10-20)16-23(22)32-26(31)29-30-27(32)36-17-18-8-7-11-21(15-18)35-2/h7-8,11-13,15-16,20H,3-6,9-10,14,17H2,1-2H3,(H,28,33). The van der Waals surface area contributed by atoms with E-state index >= 15 is 0 Å². The van der Waals surface area contributed by atoms with Crippen molar-refractivity contribution in [3.8, 4) is 5.75 Å². The summed E-state index contributed by atoms with van der Waals surface area (Å²) in [7, 11) is 1.65. The molecular formula is C27H31N5O3S. The van der Waals surface area contributed by atoms with Crippen LogP contribution in [0.2, 0.25) is 0 Å². The predicted octanol–water partition coefficient (Wildman–Crippen LogP) is 4.82. The molecule has 0 radical (unpaired) electrons. The molecule has 1 aliphatic rings. The van der Waals surface area contributed by atoms with Crippen LogP contribution in [0, 0.1) is 0 Å². The molecule has 0 aliphatic heterocycles. The van der Waals surface area contributed by atoms with Crippen LogP contribution in [0.25, 0.3) is 16.7 Å². The molecule has 0 atom stereocenters. The summed E-state index contributed by atoms with van der Waals surface area (Å²) in [6.45, 7) is 2.57. The Morgan fingerprint density at radius 1 is 1.14 bits per heavy atom. The average molecular weight is 506 g/mol. The molecule has 8 nitrogen and oxygen atoms in total. The van der Waals surface area contributed by atoms with Crippen LogP contribution in [0.1, 0.15) is 61.4 Å². The van der Waals surface area contributed by atoms with Crippen molar-refractivity contribution in [2.45, 2.75) is 68.9 Å². The summed E-state index contributed by atoms with van der Waals surface area (Å²) < 4.78 is 8.93. The number of aromatic nitrogens is 4. The predicted molar refractivity (Wildman–Crippen MR) is 142 cm³/mol. The molecule has 9 heteroatoms. The third-order valence-corrected chi connectivity index (χ3v) is 7.72. The van der Waals surface area contributed by atoms with Gasteiger partial charge in [-0.3, -0.25) is 18.6 Å². The second-order valence-corrected chi connectivity index (χ2v) is 10.2. The van der Waals surface area contributed by atoms with E-state index in [0.717, 1.165) is 43.4 Å². The number of thioether (sulfide) groups is 1. The lowest BCUT2D eigenvalue weighted by atomic mass is 9.95. The van der Waals surface area contributed by atoms with E-state index in [4.69, 9.17) is 4.74 Å². The molecule has 1 N–H and O–H groups in total. The van der Waals surface area contributed by atoms with Gasteiger partial charge >= 0.3 is 0 Å². The van der Waals surface area contributed by atoms with Crippen LogP contribution in [0.4, 0.5) is 0 Å². The lowest BCUT2D eigenvalue weighted by molar-refractivity contribution is 0.0928. The number of carbonyl (C=O) groups excluding carboxylic acids is 1. The minimum absolute atomic E-state index is 0.103. The molecule has 1 amide bonds. The molecule has 2 aromatic carbocycles. The third-order valence-electron chi connectivity index (χ3n) is 6.72. The summed E-state index contributed by atoms with van der Waals surface area (Å²) in [4.78, 5) is 26.4. The Balaban J connectivity index is 1.55. The second-order valence-electron chi connectivity index (χ2n) is 9.26. The van der Waals surface area contributed by atoms with Crippen molar-refractivity contribution in [2.75, 3.05) is 7.11 Å². The summed E-state index contributed by atoms with van der Waals surface area (Å²) in [6, 6.07) is 13.4. The Kier molecular flexibility index (Phi) is 7.27. The number of methoxy groups -OCH3 is 1. The van der Waals surface area contributed by atoms with Gasteiger partial charge in [-0.05, 0) is 55.2 Å². The minimum atomic E-state index is -0.115. The molecule has 1 fully saturated rings. The van der Waals surface area contributed by atoms with Gasteiger partial charge < -0.3 is 10.1 Å². The van der Waals surface area contributed by atoms with Gasteiger partial charge in [-0.15, -0.1) is 10.2 Å². The maximum atomic E-state index is 13.4. The monoisotopic (exact) mass is 505 g/mol. The number of amides is 1. The number of hydrogen-bond acceptors (Lipinski definition) is 6. The van der Waals surface area contributed by atoms with Crippen LogP contribution >= 0.6 is 11.8 Å². The van der Waals surface area contributed by atoms with Crippen LogP contribution in [0.15, 0.2) is 52.4 Å². The molecule has 0 unspecified atom stereocenters. The van der Waals surface area contributed by atoms with Gasteiger partial charge in [0.05, 0.1) is 18.0 Å². The maximum Gasteiger partial charge on any atom is 0.262 e. The van der Waals surface area contributed by atoms with Crippen LogP contribution in [0.3, 0.4) is 0 Å². The molecule has 1 aliphatic carbocycles. The van der Waals surface area contributed by atoms with E-state index in [-0.39, 0.29) is 17.5 Å². The highest BCUT2D eigenvalue weighted by Crippen LogP contribution is 2.27. The molecule has 0 saturated heterocycles. The lowest BCUT2D eigenvalue weighted by Gasteiger charge is -2.22. The molecule has 2 heterocycles. The number of nitrogens with zero attached hydrogens (tertiary/aromatic N) is 4. The number of benzene rings is 2. The van der Waals surface area contributed by atoms with E-state index in [1.54, 1.807) is 29.9 Å². The van der Waals surface area contributed by atoms with Crippen LogP contribution < -0.4 is 15.6 Å². The van der Waals surface area contributed by atoms with Crippen molar-refractivity contribution in [1.29, 1.82) is 0 Å². The van der Waals surface area contributed by atoms with Gasteiger partial charge in [0.15, 0.2) is 5.16 Å². The summed E-state index contributed by atoms with van der Waals surface area (Å²) >= 11 is 1.54. The van der Waals surface area contributed by atoms with Crippen LogP contribution in [-0.4, -0.2) is 38.2 Å². The van der Waals surface area contributed by atoms with Gasteiger partial charge in [-0.1, -0.05) is 50.1 Å². The Morgan fingerprint density at radius 3 is 2.75 bits per heavy atom. The first-order valence-corrected chi connectivity index (χ1v) is 13.6. The van der Waals surface area contributed by atoms with Crippen LogP contribution in [0.5, 0.6) is 5.75 Å². The Hall–Kier alpha value is -3.33. The van der Waals surface area contributed by atoms with E-state index in [9.17, 15) is 9.59 Å². The third kappa shape index (κ3) is 4.84. The normalized spacial score (nSPS) is 14.4. The Bertz CT molecular complexity index is 1460. The number of ether oxygens (including phenoxy) is 1. The van der Waals surface area contributed by atoms with E-state index in [1.807, 2.05) is 35.6 Å². The quantitative estimate of drug-likeness (QED) is 0.346. The molecule has 36 heavy (non-hydrogen) atoms. The molecule has 5 rings (SSSR count). The van der Waals surface area contributed by atoms with E-state index in [1.165, 1.54) is 18.2 Å². The van der Waals surface area contributed by atoms with E-state index < -0.39 is 0 Å². The maximum absolute atomic E-state index is 13.4. The zero-order valence-electron chi connectivity index (χ0n) is 20.7. The zero-order chi connectivity index (χ0) is 25.1. The Morgan fingerprint density at radius 2 is 1.97 bits per heavy atom. The van der Waals surface area contributed by atoms with Crippen molar-refractivity contribution >= 4 is 34.3 Å². The van der Waals surface area contributed by atoms with Crippen molar-refractivity contribution in [3.63, 3.8) is 0 Å². The molecule has 0 spiro atoms. The lowest BCUT2D eigenvalue weighted by Crippen LogP contribution is -2.36. The number of nitrogens with one attached hydrogen (secondary N) is 1. The van der Waals surface area contributed by atoms with Gasteiger partial charge in [0, 0.05) is 23.9 Å². The second kappa shape index (κ2) is 10.7. The fourth-order valence-corrected chi connectivity index (χ4v) is 5.75. The summed E-state index contributed by atoms with van der Waals surface area (Å²) in [6.07, 6.45) is 6.35. The average Bonchev–Trinajstić information content (AvgIpc) is 3.34. The highest BCUT2D eigenvalue weighted by molar-refractivity contribution is 7.98. The first kappa shape index (κ1) is 24.4. The van der Waals surface area contributed by atoms with Gasteiger partial charge in [0.25, 0.3) is 11.5 Å². The van der Waals surface area contributed by atoms with Crippen LogP contribution in [-0.2, 0) is 12.3 Å². The first-order chi connectivity index (χ1) is 17.6. The summed E-state index contributed by atoms with van der Waals surface area (Å²) in [5.74, 6) is 1.85. The molecule has 0 bridgehead atoms. The fraction of sp³-hybridized carbons (Fsp3) is 0.407. The zero-order valence-corrected chi connectivity index (χ0v) is 21.5. The molecule has 2 aromatic heterocycles. The Labute approximate surface area is 214 Å². The highest BCUT2D eigenvalue weighted by atomic mass is 32.2. The largest absolute Gasteiger partial charge is 0.497 e. The van der Waals surface area contributed by atoms with Crippen molar-refractivity contribution in [3.05, 3.63) is 63.9 Å². The van der Waals surface area contributed by atoms with Gasteiger partial charge in [0.2, 0.25) is 5.78 Å². The van der Waals surface area contributed by atoms with Gasteiger partial charge in [0.1, 0.15) is 5.75 Å². The number of fused-ring (bicyclic) bond motifs is 3. The van der Waals surface area contributed by atoms with Crippen molar-refractivity contribution in [1.82, 2.24) is 24.5 Å². The van der Waals surface area contributed by atoms with Crippen molar-refractivity contribution in [2.24, 2.45) is 0 Å². The van der Waals surface area contributed by atoms with Crippen molar-refractivity contribution < 1.29 is 9.53 Å². The topological polar surface area (TPSA) is 90.5 Å². The molecule has 188 valence electrons. The molecular weight excluding hydrogens is 474 g/mol. The number of hydrogen-bond donors (Lipinski definition) is 1. The SMILES string of the molecule is CCCn1c(=O)c2ccc(C(=O)NC3CCCCC3)cc2n2c(SCc3cccc(OC)c3)nnc12. The molecule has 1 saturated carbocycles. The summed E-state index contributed by atoms with van der Waals surface area (Å²) in [5, 5.41) is 13.2. The van der Waals surface area contributed by atoms with Gasteiger partial charge in [-0.25, -0.2) is 0 Å². The fourth-order valence-electron chi connectivity index (χ4n) is 4.87. The van der Waals surface area contributed by atoms with Gasteiger partial charge in [-0.2, -0.15) is 0 Å². The number of aryl methyl sites for hydroxylation is 1. The minimum Gasteiger partial charge on any atom is -0.497 e. The number of carbonyl (C=O) groups is 1. The van der Waals surface area contributed by atoms with E-state index in [0.29, 0.717) is 39.7 Å². The molecule has 4 aromatic rings. The van der Waals surface area contributed by atoms with E-state index in [2.05, 4.69) is 15.5 Å². The smallest absolute Gasteiger partial charge is 0.262 e. The highest BCUT2D eigenvalue weighted by Gasteiger charge is 2.20. The number of rotatable bonds is 8.